The Bertz CT molecular complexity index is 589. The highest BCUT2D eigenvalue weighted by Crippen LogP contribution is 2.21. The summed E-state index contributed by atoms with van der Waals surface area (Å²) < 4.78 is 26.2. The van der Waals surface area contributed by atoms with Crippen molar-refractivity contribution < 1.29 is 8.42 Å². The molecule has 86 valence electrons. The first kappa shape index (κ1) is 11.1. The lowest BCUT2D eigenvalue weighted by Gasteiger charge is -2.03. The zero-order chi connectivity index (χ0) is 11.6. The van der Waals surface area contributed by atoms with E-state index in [2.05, 4.69) is 9.71 Å². The molecule has 0 radical (unpaired) electrons. The maximum absolute atomic E-state index is 11.9. The van der Waals surface area contributed by atoms with Crippen LogP contribution in [0.5, 0.6) is 0 Å². The number of aromatic amines is 1. The maximum atomic E-state index is 11.9. The van der Waals surface area contributed by atoms with Crippen molar-refractivity contribution in [3.63, 3.8) is 0 Å². The van der Waals surface area contributed by atoms with E-state index in [0.717, 1.165) is 5.52 Å². The highest BCUT2D eigenvalue weighted by molar-refractivity contribution is 7.89. The molecule has 0 saturated heterocycles. The predicted molar refractivity (Wildman–Crippen MR) is 62.5 cm³/mol. The van der Waals surface area contributed by atoms with E-state index < -0.39 is 10.0 Å². The van der Waals surface area contributed by atoms with Crippen LogP contribution in [0.25, 0.3) is 10.9 Å². The lowest BCUT2D eigenvalue weighted by Crippen LogP contribution is -2.29. The van der Waals surface area contributed by atoms with E-state index in [0.29, 0.717) is 5.39 Å². The molecule has 0 bridgehead atoms. The number of aromatic nitrogens is 1. The first-order valence-electron chi connectivity index (χ1n) is 4.91. The molecule has 2 rings (SSSR count). The SMILES string of the molecule is NCCNS(=O)(=O)c1c[nH]c2ccccc12. The fourth-order valence-corrected chi connectivity index (χ4v) is 2.76. The van der Waals surface area contributed by atoms with Crippen LogP contribution in [0.4, 0.5) is 0 Å². The minimum Gasteiger partial charge on any atom is -0.360 e. The van der Waals surface area contributed by atoms with Crippen molar-refractivity contribution >= 4 is 20.9 Å². The third kappa shape index (κ3) is 1.95. The van der Waals surface area contributed by atoms with Gasteiger partial charge in [0.05, 0.1) is 0 Å². The zero-order valence-electron chi connectivity index (χ0n) is 8.60. The molecule has 1 aromatic carbocycles. The van der Waals surface area contributed by atoms with Gasteiger partial charge in [-0.1, -0.05) is 18.2 Å². The summed E-state index contributed by atoms with van der Waals surface area (Å²) in [6, 6.07) is 7.25. The van der Waals surface area contributed by atoms with Gasteiger partial charge in [0.1, 0.15) is 4.90 Å². The van der Waals surface area contributed by atoms with E-state index in [1.807, 2.05) is 12.1 Å². The van der Waals surface area contributed by atoms with Gasteiger partial charge in [0.2, 0.25) is 10.0 Å². The van der Waals surface area contributed by atoms with Gasteiger partial charge in [0.15, 0.2) is 0 Å². The number of sulfonamides is 1. The van der Waals surface area contributed by atoms with E-state index in [9.17, 15) is 8.42 Å². The van der Waals surface area contributed by atoms with Gasteiger partial charge < -0.3 is 10.7 Å². The molecule has 5 nitrogen and oxygen atoms in total. The fourth-order valence-electron chi connectivity index (χ4n) is 1.54. The number of nitrogens with one attached hydrogen (secondary N) is 2. The second kappa shape index (κ2) is 4.25. The van der Waals surface area contributed by atoms with Crippen LogP contribution in [0.15, 0.2) is 35.4 Å². The number of hydrogen-bond donors (Lipinski definition) is 3. The molecule has 0 saturated carbocycles. The van der Waals surface area contributed by atoms with Crippen molar-refractivity contribution in [2.45, 2.75) is 4.90 Å². The van der Waals surface area contributed by atoms with Crippen molar-refractivity contribution in [2.75, 3.05) is 13.1 Å². The average molecular weight is 239 g/mol. The second-order valence-corrected chi connectivity index (χ2v) is 5.12. The van der Waals surface area contributed by atoms with Gasteiger partial charge in [-0.15, -0.1) is 0 Å². The zero-order valence-corrected chi connectivity index (χ0v) is 9.42. The quantitative estimate of drug-likeness (QED) is 0.722. The van der Waals surface area contributed by atoms with Crippen molar-refractivity contribution in [1.29, 1.82) is 0 Å². The van der Waals surface area contributed by atoms with Crippen molar-refractivity contribution in [2.24, 2.45) is 5.73 Å². The molecule has 0 fully saturated rings. The average Bonchev–Trinajstić information content (AvgIpc) is 2.71. The monoisotopic (exact) mass is 239 g/mol. The van der Waals surface area contributed by atoms with Crippen molar-refractivity contribution in [3.8, 4) is 0 Å². The fraction of sp³-hybridized carbons (Fsp3) is 0.200. The summed E-state index contributed by atoms with van der Waals surface area (Å²) in [6.45, 7) is 0.517. The van der Waals surface area contributed by atoms with Crippen molar-refractivity contribution in [1.82, 2.24) is 9.71 Å². The molecule has 0 amide bonds. The summed E-state index contributed by atoms with van der Waals surface area (Å²) in [5.41, 5.74) is 6.07. The first-order valence-corrected chi connectivity index (χ1v) is 6.39. The van der Waals surface area contributed by atoms with Gasteiger partial charge >= 0.3 is 0 Å². The topological polar surface area (TPSA) is 88.0 Å². The largest absolute Gasteiger partial charge is 0.360 e. The second-order valence-electron chi connectivity index (χ2n) is 3.38. The van der Waals surface area contributed by atoms with Gasteiger partial charge in [0.25, 0.3) is 0 Å². The summed E-state index contributed by atoms with van der Waals surface area (Å²) in [5.74, 6) is 0. The summed E-state index contributed by atoms with van der Waals surface area (Å²) in [5, 5.41) is 0.687. The number of para-hydroxylation sites is 1. The summed E-state index contributed by atoms with van der Waals surface area (Å²) >= 11 is 0. The molecule has 0 spiro atoms. The smallest absolute Gasteiger partial charge is 0.242 e. The molecule has 1 heterocycles. The molecule has 2 aromatic rings. The van der Waals surface area contributed by atoms with Gasteiger partial charge in [-0.2, -0.15) is 0 Å². The third-order valence-electron chi connectivity index (χ3n) is 2.28. The van der Waals surface area contributed by atoms with Crippen LogP contribution in [0.1, 0.15) is 0 Å². The Kier molecular flexibility index (Phi) is 2.95. The van der Waals surface area contributed by atoms with Crippen LogP contribution in [0, 0.1) is 0 Å². The van der Waals surface area contributed by atoms with Gasteiger partial charge in [-0.25, -0.2) is 13.1 Å². The summed E-state index contributed by atoms with van der Waals surface area (Å²) in [4.78, 5) is 3.18. The van der Waals surface area contributed by atoms with Crippen LogP contribution >= 0.6 is 0 Å². The number of hydrogen-bond acceptors (Lipinski definition) is 3. The van der Waals surface area contributed by atoms with Gasteiger partial charge in [-0.05, 0) is 6.07 Å². The van der Waals surface area contributed by atoms with E-state index in [1.165, 1.54) is 6.20 Å². The number of benzene rings is 1. The van der Waals surface area contributed by atoms with Crippen LogP contribution < -0.4 is 10.5 Å². The van der Waals surface area contributed by atoms with Gasteiger partial charge in [0, 0.05) is 30.2 Å². The van der Waals surface area contributed by atoms with Crippen LogP contribution in [-0.2, 0) is 10.0 Å². The Morgan fingerprint density at radius 2 is 2.06 bits per heavy atom. The Labute approximate surface area is 93.7 Å². The van der Waals surface area contributed by atoms with E-state index in [-0.39, 0.29) is 18.0 Å². The van der Waals surface area contributed by atoms with Crippen LogP contribution in [0.2, 0.25) is 0 Å². The standard InChI is InChI=1S/C10H13N3O2S/c11-5-6-13-16(14,15)10-7-12-9-4-2-1-3-8(9)10/h1-4,7,12-13H,5-6,11H2. The molecule has 0 aliphatic rings. The molecular formula is C10H13N3O2S. The lowest BCUT2D eigenvalue weighted by atomic mass is 10.2. The Hall–Kier alpha value is -1.37. The van der Waals surface area contributed by atoms with E-state index in [4.69, 9.17) is 5.73 Å². The molecule has 0 atom stereocenters. The first-order chi connectivity index (χ1) is 7.65. The molecule has 0 aliphatic carbocycles. The van der Waals surface area contributed by atoms with E-state index >= 15 is 0 Å². The number of H-pyrrole nitrogens is 1. The normalized spacial score (nSPS) is 12.1. The Morgan fingerprint density at radius 3 is 2.81 bits per heavy atom. The van der Waals surface area contributed by atoms with E-state index in [1.54, 1.807) is 12.1 Å². The Balaban J connectivity index is 2.47. The molecule has 6 heteroatoms. The van der Waals surface area contributed by atoms with Crippen LogP contribution in [0.3, 0.4) is 0 Å². The number of rotatable bonds is 4. The molecule has 0 unspecified atom stereocenters. The van der Waals surface area contributed by atoms with Crippen LogP contribution in [-0.4, -0.2) is 26.5 Å². The number of nitrogens with two attached hydrogens (primary N) is 1. The summed E-state index contributed by atoms with van der Waals surface area (Å²) in [6.07, 6.45) is 1.49. The molecule has 0 aliphatic heterocycles. The number of fused-ring (bicyclic) bond motifs is 1. The molecule has 1 aromatic heterocycles. The Morgan fingerprint density at radius 1 is 1.31 bits per heavy atom. The maximum Gasteiger partial charge on any atom is 0.242 e. The molecular weight excluding hydrogens is 226 g/mol. The van der Waals surface area contributed by atoms with Gasteiger partial charge in [-0.3, -0.25) is 0 Å². The van der Waals surface area contributed by atoms with Crippen molar-refractivity contribution in [3.05, 3.63) is 30.5 Å². The minimum atomic E-state index is -3.47. The minimum absolute atomic E-state index is 0.238. The molecule has 4 N–H and O–H groups in total. The highest BCUT2D eigenvalue weighted by Gasteiger charge is 2.17. The predicted octanol–water partition coefficient (Wildman–Crippen LogP) is 0.405. The highest BCUT2D eigenvalue weighted by atomic mass is 32.2. The molecule has 16 heavy (non-hydrogen) atoms. The third-order valence-corrected chi connectivity index (χ3v) is 3.78. The lowest BCUT2D eigenvalue weighted by molar-refractivity contribution is 0.583. The summed E-state index contributed by atoms with van der Waals surface area (Å²) in [7, 11) is -3.47.